The Morgan fingerprint density at radius 2 is 1.58 bits per heavy atom. The number of nitrogens with one attached hydrogen (secondary N) is 3. The number of ether oxygens (including phenoxy) is 1. The van der Waals surface area contributed by atoms with Crippen LogP contribution < -0.4 is 20.7 Å². The minimum absolute atomic E-state index is 0.00797. The Hall–Kier alpha value is -6.27. The standard InChI is InChI=1S/C53H58ClN9O6S2/c1-27(2)47(52(68)62-25-39(64)23-43(62)51(67)56-29(4)34-10-12-36(13-11-34)49-30(5)55-26-70-49)59-44(65)20-33-8-18-40(19-9-33)69-41-21-38(22-41)57-45(66)24-42-50-61-60-32(7)63(50)53-46(28(3)31(6)71-53)48(58-42)35-14-16-37(54)17-15-35/h8-19,26-27,29,38-39,41-43,47,64H,20-25H2,1-7H3,(H,56,67)(H,57,66)(H,59,65)/t29-,38?,39+,41?,42-,43-,47-/m0/s1. The highest BCUT2D eigenvalue weighted by atomic mass is 35.5. The molecule has 2 aliphatic heterocycles. The minimum atomic E-state index is -0.906. The number of halogens is 1. The van der Waals surface area contributed by atoms with Crippen LogP contribution >= 0.6 is 34.3 Å². The lowest BCUT2D eigenvalue weighted by atomic mass is 9.89. The van der Waals surface area contributed by atoms with Crippen LogP contribution in [0.4, 0.5) is 0 Å². The molecule has 3 aliphatic rings. The first kappa shape index (κ1) is 49.7. The molecule has 1 aliphatic carbocycles. The number of likely N-dealkylation sites (tertiary alicyclic amines) is 1. The van der Waals surface area contributed by atoms with Crippen LogP contribution in [0.3, 0.4) is 0 Å². The molecule has 18 heteroatoms. The molecule has 71 heavy (non-hydrogen) atoms. The predicted octanol–water partition coefficient (Wildman–Crippen LogP) is 7.87. The van der Waals surface area contributed by atoms with Gasteiger partial charge in [0, 0.05) is 52.9 Å². The number of rotatable bonds is 15. The number of carbonyl (C=O) groups excluding carboxylic acids is 4. The number of aliphatic hydroxyl groups excluding tert-OH is 1. The van der Waals surface area contributed by atoms with Crippen molar-refractivity contribution in [3.63, 3.8) is 0 Å². The Morgan fingerprint density at radius 3 is 2.25 bits per heavy atom. The number of nitrogens with zero attached hydrogens (tertiary/aromatic N) is 6. The summed E-state index contributed by atoms with van der Waals surface area (Å²) in [6.07, 6.45) is 0.506. The van der Waals surface area contributed by atoms with Gasteiger partial charge in [0.05, 0.1) is 46.8 Å². The van der Waals surface area contributed by atoms with Crippen LogP contribution in [0.5, 0.6) is 5.75 Å². The van der Waals surface area contributed by atoms with Crippen LogP contribution in [-0.4, -0.2) is 96.0 Å². The highest BCUT2D eigenvalue weighted by Crippen LogP contribution is 2.40. The maximum absolute atomic E-state index is 14.1. The molecule has 0 unspecified atom stereocenters. The summed E-state index contributed by atoms with van der Waals surface area (Å²) < 4.78 is 8.28. The minimum Gasteiger partial charge on any atom is -0.490 e. The molecule has 370 valence electrons. The van der Waals surface area contributed by atoms with Gasteiger partial charge in [-0.25, -0.2) is 4.98 Å². The fourth-order valence-electron chi connectivity index (χ4n) is 9.56. The van der Waals surface area contributed by atoms with E-state index < -0.39 is 30.1 Å². The smallest absolute Gasteiger partial charge is 0.246 e. The Bertz CT molecular complexity index is 2980. The Kier molecular flexibility index (Phi) is 14.6. The van der Waals surface area contributed by atoms with Crippen LogP contribution in [0.25, 0.3) is 15.4 Å². The Balaban J connectivity index is 0.758. The van der Waals surface area contributed by atoms with Crippen LogP contribution in [0.2, 0.25) is 5.02 Å². The molecule has 0 bridgehead atoms. The molecule has 6 aromatic rings. The highest BCUT2D eigenvalue weighted by molar-refractivity contribution is 7.15. The Morgan fingerprint density at radius 1 is 0.873 bits per heavy atom. The third-order valence-electron chi connectivity index (χ3n) is 13.7. The predicted molar refractivity (Wildman–Crippen MR) is 275 cm³/mol. The average molecular weight is 1020 g/mol. The van der Waals surface area contributed by atoms with Gasteiger partial charge in [0.2, 0.25) is 23.6 Å². The molecule has 1 saturated carbocycles. The number of aryl methyl sites for hydroxylation is 3. The molecule has 0 radical (unpaired) electrons. The van der Waals surface area contributed by atoms with Gasteiger partial charge in [-0.1, -0.05) is 74.0 Å². The maximum atomic E-state index is 14.1. The number of benzene rings is 3. The molecule has 4 N–H and O–H groups in total. The van der Waals surface area contributed by atoms with Crippen LogP contribution in [0.15, 0.2) is 83.3 Å². The van der Waals surface area contributed by atoms with Gasteiger partial charge < -0.3 is 30.7 Å². The van der Waals surface area contributed by atoms with Crippen molar-refractivity contribution >= 4 is 63.6 Å². The van der Waals surface area contributed by atoms with Gasteiger partial charge in [-0.05, 0) is 87.1 Å². The van der Waals surface area contributed by atoms with E-state index in [2.05, 4.69) is 45.0 Å². The summed E-state index contributed by atoms with van der Waals surface area (Å²) in [5.74, 6) is 0.450. The van der Waals surface area contributed by atoms with E-state index in [0.717, 1.165) is 60.5 Å². The number of hydrogen-bond acceptors (Lipinski definition) is 12. The molecule has 0 spiro atoms. The number of aliphatic hydroxyl groups is 1. The first-order valence-corrected chi connectivity index (χ1v) is 26.1. The van der Waals surface area contributed by atoms with Gasteiger partial charge in [-0.3, -0.25) is 28.7 Å². The van der Waals surface area contributed by atoms with Crippen LogP contribution in [0.1, 0.15) is 109 Å². The molecule has 5 atom stereocenters. The topological polar surface area (TPSA) is 193 Å². The second kappa shape index (κ2) is 20.8. The van der Waals surface area contributed by atoms with Gasteiger partial charge in [0.15, 0.2) is 5.82 Å². The fourth-order valence-corrected chi connectivity index (χ4v) is 11.7. The third-order valence-corrected chi connectivity index (χ3v) is 16.1. The number of β-amino-alcohol motifs (C(OH)–C–C–N with tert-alkyl or cyclic N) is 1. The molecular formula is C53H58ClN9O6S2. The van der Waals surface area contributed by atoms with E-state index in [0.29, 0.717) is 29.4 Å². The summed E-state index contributed by atoms with van der Waals surface area (Å²) in [5.41, 5.74) is 9.29. The number of carbonyl (C=O) groups is 4. The number of hydrogen-bond donors (Lipinski definition) is 4. The molecule has 4 amide bonds. The van der Waals surface area contributed by atoms with Crippen molar-refractivity contribution in [3.05, 3.63) is 133 Å². The molecule has 2 fully saturated rings. The summed E-state index contributed by atoms with van der Waals surface area (Å²) in [7, 11) is 0. The largest absolute Gasteiger partial charge is 0.490 e. The third kappa shape index (κ3) is 10.7. The monoisotopic (exact) mass is 1020 g/mol. The quantitative estimate of drug-likeness (QED) is 0.0793. The number of aromatic nitrogens is 4. The van der Waals surface area contributed by atoms with Crippen molar-refractivity contribution < 1.29 is 29.0 Å². The fraction of sp³-hybridized carbons (Fsp3) is 0.396. The summed E-state index contributed by atoms with van der Waals surface area (Å²) in [6, 6.07) is 20.0. The van der Waals surface area contributed by atoms with E-state index in [1.165, 1.54) is 9.78 Å². The number of thiophene rings is 1. The van der Waals surface area contributed by atoms with E-state index in [4.69, 9.17) is 21.3 Å². The molecule has 5 heterocycles. The summed E-state index contributed by atoms with van der Waals surface area (Å²) in [6.45, 7) is 13.6. The van der Waals surface area contributed by atoms with E-state index in [-0.39, 0.29) is 67.6 Å². The zero-order valence-corrected chi connectivity index (χ0v) is 43.1. The number of aliphatic imine (C=N–C) groups is 1. The van der Waals surface area contributed by atoms with Crippen LogP contribution in [-0.2, 0) is 25.6 Å². The van der Waals surface area contributed by atoms with Crippen molar-refractivity contribution in [2.75, 3.05) is 6.54 Å². The molecule has 15 nitrogen and oxygen atoms in total. The zero-order chi connectivity index (χ0) is 50.2. The second-order valence-corrected chi connectivity index (χ2v) is 21.7. The lowest BCUT2D eigenvalue weighted by molar-refractivity contribution is -0.142. The van der Waals surface area contributed by atoms with E-state index >= 15 is 0 Å². The molecule has 9 rings (SSSR count). The van der Waals surface area contributed by atoms with Crippen LogP contribution in [0, 0.1) is 33.6 Å². The lowest BCUT2D eigenvalue weighted by Crippen LogP contribution is -2.55. The average Bonchev–Trinajstić information content (AvgIpc) is 4.10. The summed E-state index contributed by atoms with van der Waals surface area (Å²) in [5, 5.41) is 30.3. The van der Waals surface area contributed by atoms with Crippen molar-refractivity contribution in [1.29, 1.82) is 0 Å². The first-order valence-electron chi connectivity index (χ1n) is 24.0. The maximum Gasteiger partial charge on any atom is 0.246 e. The number of amides is 4. The SMILES string of the molecule is Cc1ncsc1-c1ccc([C@H](C)NC(=O)[C@@H]2C[C@@H](O)CN2C(=O)[C@@H](NC(=O)Cc2ccc(OC3CC(NC(=O)C[C@@H]4N=C(c5ccc(Cl)cc5)c5c(sc(C)c5C)-n5c(C)nnc54)C3)cc2)C(C)C)cc1. The normalized spacial score (nSPS) is 20.2. The van der Waals surface area contributed by atoms with Gasteiger partial charge in [-0.15, -0.1) is 32.9 Å². The van der Waals surface area contributed by atoms with E-state index in [1.807, 2.05) is 117 Å². The van der Waals surface area contributed by atoms with Gasteiger partial charge in [0.25, 0.3) is 0 Å². The van der Waals surface area contributed by atoms with Gasteiger partial charge in [-0.2, -0.15) is 0 Å². The van der Waals surface area contributed by atoms with Crippen molar-refractivity contribution in [3.8, 4) is 21.2 Å². The van der Waals surface area contributed by atoms with Gasteiger partial charge >= 0.3 is 0 Å². The molecule has 3 aromatic heterocycles. The number of thiazole rings is 1. The molecular weight excluding hydrogens is 958 g/mol. The van der Waals surface area contributed by atoms with Crippen molar-refractivity contribution in [2.45, 2.75) is 123 Å². The molecule has 3 aromatic carbocycles. The van der Waals surface area contributed by atoms with E-state index in [9.17, 15) is 24.3 Å². The summed E-state index contributed by atoms with van der Waals surface area (Å²) >= 11 is 9.51. The first-order chi connectivity index (χ1) is 34.0. The molecule has 1 saturated heterocycles. The summed E-state index contributed by atoms with van der Waals surface area (Å²) in [4.78, 5) is 68.1. The highest BCUT2D eigenvalue weighted by Gasteiger charge is 2.43. The second-order valence-electron chi connectivity index (χ2n) is 19.2. The van der Waals surface area contributed by atoms with E-state index in [1.54, 1.807) is 22.7 Å². The van der Waals surface area contributed by atoms with Crippen molar-refractivity contribution in [2.24, 2.45) is 10.9 Å². The van der Waals surface area contributed by atoms with Crippen molar-refractivity contribution in [1.82, 2.24) is 40.6 Å². The Labute approximate surface area is 426 Å². The lowest BCUT2D eigenvalue weighted by Gasteiger charge is -2.36. The number of fused-ring (bicyclic) bond motifs is 3. The zero-order valence-electron chi connectivity index (χ0n) is 40.7. The van der Waals surface area contributed by atoms with Gasteiger partial charge in [0.1, 0.15) is 40.8 Å².